The van der Waals surface area contributed by atoms with Gasteiger partial charge in [0, 0.05) is 12.5 Å². The summed E-state index contributed by atoms with van der Waals surface area (Å²) >= 11 is 0. The van der Waals surface area contributed by atoms with Crippen molar-refractivity contribution in [3.05, 3.63) is 11.6 Å². The van der Waals surface area contributed by atoms with Crippen LogP contribution in [0.25, 0.3) is 0 Å². The largest absolute Gasteiger partial charge is 0.480 e. The topological polar surface area (TPSA) is 99.2 Å². The smallest absolute Gasteiger partial charge is 0.326 e. The van der Waals surface area contributed by atoms with Crippen LogP contribution in [0.1, 0.15) is 55.0 Å². The maximum atomic E-state index is 12.4. The fourth-order valence-corrected chi connectivity index (χ4v) is 2.66. The Bertz CT molecular complexity index is 537. The molecule has 0 aromatic carbocycles. The van der Waals surface area contributed by atoms with Crippen LogP contribution in [0.3, 0.4) is 0 Å². The van der Waals surface area contributed by atoms with E-state index >= 15 is 0 Å². The second-order valence-electron chi connectivity index (χ2n) is 5.80. The Morgan fingerprint density at radius 2 is 2.10 bits per heavy atom. The summed E-state index contributed by atoms with van der Waals surface area (Å²) in [6, 6.07) is -0.769. The molecule has 2 unspecified atom stereocenters. The summed E-state index contributed by atoms with van der Waals surface area (Å²) in [5, 5.41) is 16.0. The summed E-state index contributed by atoms with van der Waals surface area (Å²) in [4.78, 5) is 29.3. The molecule has 1 aliphatic carbocycles. The standard InChI is InChI=1S/C13H18N4O3/c1-7-4-5-17(9(6-7)13(19)20)12(18)11-14-10(15-16-11)8-2-3-8/h7-9H,2-6H2,1H3,(H,19,20)(H,14,15,16). The highest BCUT2D eigenvalue weighted by atomic mass is 16.4. The van der Waals surface area contributed by atoms with E-state index in [0.29, 0.717) is 24.8 Å². The number of nitrogens with zero attached hydrogens (tertiary/aromatic N) is 3. The predicted molar refractivity (Wildman–Crippen MR) is 69.2 cm³/mol. The number of carbonyl (C=O) groups excluding carboxylic acids is 1. The highest BCUT2D eigenvalue weighted by molar-refractivity contribution is 5.93. The number of H-pyrrole nitrogens is 1. The van der Waals surface area contributed by atoms with Crippen molar-refractivity contribution in [1.29, 1.82) is 0 Å². The minimum absolute atomic E-state index is 0.0905. The van der Waals surface area contributed by atoms with Crippen molar-refractivity contribution in [2.24, 2.45) is 5.92 Å². The number of carbonyl (C=O) groups is 2. The molecule has 2 aliphatic rings. The molecule has 1 aromatic rings. The summed E-state index contributed by atoms with van der Waals surface area (Å²) in [6.45, 7) is 2.46. The minimum Gasteiger partial charge on any atom is -0.480 e. The van der Waals surface area contributed by atoms with Crippen molar-refractivity contribution >= 4 is 11.9 Å². The monoisotopic (exact) mass is 278 g/mol. The minimum atomic E-state index is -0.956. The van der Waals surface area contributed by atoms with Gasteiger partial charge in [-0.2, -0.15) is 0 Å². The molecule has 7 heteroatoms. The van der Waals surface area contributed by atoms with Crippen molar-refractivity contribution in [3.63, 3.8) is 0 Å². The molecule has 0 bridgehead atoms. The number of aliphatic carboxylic acids is 1. The number of likely N-dealkylation sites (tertiary alicyclic amines) is 1. The second kappa shape index (κ2) is 4.88. The maximum absolute atomic E-state index is 12.4. The van der Waals surface area contributed by atoms with Gasteiger partial charge in [0.15, 0.2) is 0 Å². The van der Waals surface area contributed by atoms with Crippen LogP contribution >= 0.6 is 0 Å². The van der Waals surface area contributed by atoms with Crippen LogP contribution in [0.5, 0.6) is 0 Å². The van der Waals surface area contributed by atoms with E-state index in [0.717, 1.165) is 25.1 Å². The van der Waals surface area contributed by atoms with Crippen molar-refractivity contribution < 1.29 is 14.7 Å². The first-order valence-electron chi connectivity index (χ1n) is 7.02. The number of carboxylic acid groups (broad SMARTS) is 1. The summed E-state index contributed by atoms with van der Waals surface area (Å²) in [7, 11) is 0. The zero-order valence-electron chi connectivity index (χ0n) is 11.4. The molecule has 1 amide bonds. The Morgan fingerprint density at radius 1 is 1.35 bits per heavy atom. The number of hydrogen-bond donors (Lipinski definition) is 2. The number of nitrogens with one attached hydrogen (secondary N) is 1. The number of piperidine rings is 1. The molecule has 108 valence electrons. The van der Waals surface area contributed by atoms with Gasteiger partial charge in [-0.3, -0.25) is 9.89 Å². The molecule has 7 nitrogen and oxygen atoms in total. The van der Waals surface area contributed by atoms with Crippen molar-refractivity contribution in [1.82, 2.24) is 20.1 Å². The number of amides is 1. The lowest BCUT2D eigenvalue weighted by atomic mass is 9.92. The van der Waals surface area contributed by atoms with Crippen LogP contribution < -0.4 is 0 Å². The first-order chi connectivity index (χ1) is 9.56. The quantitative estimate of drug-likeness (QED) is 0.859. The molecule has 0 spiro atoms. The zero-order valence-corrected chi connectivity index (χ0v) is 11.4. The Kier molecular flexibility index (Phi) is 3.19. The van der Waals surface area contributed by atoms with Crippen LogP contribution in [0, 0.1) is 5.92 Å². The van der Waals surface area contributed by atoms with E-state index in [4.69, 9.17) is 0 Å². The van der Waals surface area contributed by atoms with E-state index < -0.39 is 12.0 Å². The van der Waals surface area contributed by atoms with E-state index in [1.54, 1.807) is 0 Å². The third-order valence-corrected chi connectivity index (χ3v) is 4.07. The molecule has 20 heavy (non-hydrogen) atoms. The molecule has 2 heterocycles. The lowest BCUT2D eigenvalue weighted by molar-refractivity contribution is -0.144. The van der Waals surface area contributed by atoms with Crippen LogP contribution in [-0.2, 0) is 4.79 Å². The first-order valence-corrected chi connectivity index (χ1v) is 7.02. The molecule has 3 rings (SSSR count). The Labute approximate surface area is 116 Å². The van der Waals surface area contributed by atoms with Gasteiger partial charge in [-0.15, -0.1) is 5.10 Å². The average Bonchev–Trinajstić information content (AvgIpc) is 3.15. The number of hydrogen-bond acceptors (Lipinski definition) is 4. The van der Waals surface area contributed by atoms with E-state index in [1.165, 1.54) is 4.90 Å². The van der Waals surface area contributed by atoms with E-state index in [9.17, 15) is 14.7 Å². The van der Waals surface area contributed by atoms with Gasteiger partial charge in [-0.05, 0) is 31.6 Å². The van der Waals surface area contributed by atoms with Gasteiger partial charge in [0.2, 0.25) is 5.82 Å². The molecule has 1 saturated carbocycles. The molecule has 1 aromatic heterocycles. The molecule has 2 atom stereocenters. The second-order valence-corrected chi connectivity index (χ2v) is 5.80. The molecule has 2 fully saturated rings. The third-order valence-electron chi connectivity index (χ3n) is 4.07. The average molecular weight is 278 g/mol. The van der Waals surface area contributed by atoms with Crippen molar-refractivity contribution in [2.45, 2.75) is 44.6 Å². The normalized spacial score (nSPS) is 26.6. The molecular weight excluding hydrogens is 260 g/mol. The van der Waals surface area contributed by atoms with Crippen LogP contribution in [0.15, 0.2) is 0 Å². The lowest BCUT2D eigenvalue weighted by Gasteiger charge is -2.35. The van der Waals surface area contributed by atoms with Crippen molar-refractivity contribution in [3.8, 4) is 0 Å². The highest BCUT2D eigenvalue weighted by Crippen LogP contribution is 2.37. The maximum Gasteiger partial charge on any atom is 0.326 e. The van der Waals surface area contributed by atoms with Gasteiger partial charge in [-0.1, -0.05) is 6.92 Å². The fourth-order valence-electron chi connectivity index (χ4n) is 2.66. The first kappa shape index (κ1) is 13.1. The van der Waals surface area contributed by atoms with E-state index in [-0.39, 0.29) is 11.7 Å². The summed E-state index contributed by atoms with van der Waals surface area (Å²) in [5.41, 5.74) is 0. The number of aromatic nitrogens is 3. The number of carboxylic acids is 1. The van der Waals surface area contributed by atoms with Crippen LogP contribution in [-0.4, -0.2) is 49.7 Å². The highest BCUT2D eigenvalue weighted by Gasteiger charge is 2.37. The molecule has 1 aliphatic heterocycles. The van der Waals surface area contributed by atoms with Crippen LogP contribution in [0.4, 0.5) is 0 Å². The van der Waals surface area contributed by atoms with E-state index in [2.05, 4.69) is 15.2 Å². The summed E-state index contributed by atoms with van der Waals surface area (Å²) < 4.78 is 0. The van der Waals surface area contributed by atoms with Gasteiger partial charge < -0.3 is 10.0 Å². The molecule has 1 saturated heterocycles. The fraction of sp³-hybridized carbons (Fsp3) is 0.692. The van der Waals surface area contributed by atoms with Crippen molar-refractivity contribution in [2.75, 3.05) is 6.54 Å². The number of rotatable bonds is 3. The predicted octanol–water partition coefficient (Wildman–Crippen LogP) is 1.01. The Balaban J connectivity index is 1.78. The van der Waals surface area contributed by atoms with E-state index in [1.807, 2.05) is 6.92 Å². The van der Waals surface area contributed by atoms with Gasteiger partial charge >= 0.3 is 5.97 Å². The summed E-state index contributed by atoms with van der Waals surface area (Å²) in [6.07, 6.45) is 3.44. The molecule has 2 N–H and O–H groups in total. The van der Waals surface area contributed by atoms with Gasteiger partial charge in [0.05, 0.1) is 0 Å². The summed E-state index contributed by atoms with van der Waals surface area (Å²) in [5.74, 6) is 0.198. The van der Waals surface area contributed by atoms with Gasteiger partial charge in [-0.25, -0.2) is 9.78 Å². The Morgan fingerprint density at radius 3 is 2.75 bits per heavy atom. The SMILES string of the molecule is CC1CCN(C(=O)c2n[nH]c(C3CC3)n2)C(C(=O)O)C1. The Hall–Kier alpha value is -1.92. The molecule has 0 radical (unpaired) electrons. The lowest BCUT2D eigenvalue weighted by Crippen LogP contribution is -2.50. The number of aromatic amines is 1. The van der Waals surface area contributed by atoms with Gasteiger partial charge in [0.25, 0.3) is 5.91 Å². The third kappa shape index (κ3) is 2.39. The van der Waals surface area contributed by atoms with Gasteiger partial charge in [0.1, 0.15) is 11.9 Å². The zero-order chi connectivity index (χ0) is 14.3. The van der Waals surface area contributed by atoms with Crippen LogP contribution in [0.2, 0.25) is 0 Å². The molecular formula is C13H18N4O3.